The molecular weight excluding hydrogens is 668 g/mol. The number of ether oxygens (including phenoxy) is 3. The van der Waals surface area contributed by atoms with Crippen molar-refractivity contribution in [3.8, 4) is 0 Å². The zero-order valence-electron chi connectivity index (χ0n) is 22.6. The number of fused-ring (bicyclic) bond motifs is 2. The summed E-state index contributed by atoms with van der Waals surface area (Å²) in [4.78, 5) is 34.5. The third kappa shape index (κ3) is 6.10. The van der Waals surface area contributed by atoms with E-state index in [0.717, 1.165) is 6.33 Å². The highest BCUT2D eigenvalue weighted by Gasteiger charge is 2.52. The number of phosphoric acid groups is 1. The van der Waals surface area contributed by atoms with Crippen LogP contribution in [-0.4, -0.2) is 99.8 Å². The molecule has 4 aromatic heterocycles. The number of phosphoric ester groups is 1. The summed E-state index contributed by atoms with van der Waals surface area (Å²) in [5, 5.41) is 0. The molecular formula is C21H24F2N10O9P2S. The molecule has 24 heteroatoms. The maximum Gasteiger partial charge on any atom is 0.472 e. The van der Waals surface area contributed by atoms with E-state index in [9.17, 15) is 14.0 Å². The van der Waals surface area contributed by atoms with Crippen LogP contribution >= 0.6 is 29.1 Å². The molecule has 2 aliphatic heterocycles. The molecule has 0 bridgehead atoms. The van der Waals surface area contributed by atoms with Gasteiger partial charge in [-0.05, 0) is 0 Å². The van der Waals surface area contributed by atoms with Crippen LogP contribution < -0.4 is 11.5 Å². The Morgan fingerprint density at radius 2 is 1.44 bits per heavy atom. The van der Waals surface area contributed by atoms with Gasteiger partial charge in [-0.3, -0.25) is 22.7 Å². The van der Waals surface area contributed by atoms with Gasteiger partial charge in [-0.15, -0.1) is 0 Å². The van der Waals surface area contributed by atoms with Crippen LogP contribution in [0.15, 0.2) is 25.3 Å². The van der Waals surface area contributed by atoms with Crippen LogP contribution in [0.3, 0.4) is 0 Å². The van der Waals surface area contributed by atoms with Crippen molar-refractivity contribution in [2.75, 3.05) is 30.6 Å². The Kier molecular flexibility index (Phi) is 9.21. The van der Waals surface area contributed by atoms with Gasteiger partial charge in [0.15, 0.2) is 47.7 Å². The third-order valence-electron chi connectivity index (χ3n) is 7.07. The molecule has 4 aromatic rings. The number of nitrogen functional groups attached to an aromatic ring is 2. The Labute approximate surface area is 257 Å². The Balaban J connectivity index is 1.18. The molecule has 6 heterocycles. The number of rotatable bonds is 12. The van der Waals surface area contributed by atoms with Crippen LogP contribution in [0.4, 0.5) is 20.4 Å². The van der Waals surface area contributed by atoms with Gasteiger partial charge < -0.3 is 30.6 Å². The summed E-state index contributed by atoms with van der Waals surface area (Å²) in [6.45, 7) is -1.23. The maximum absolute atomic E-state index is 15.8. The fourth-order valence-electron chi connectivity index (χ4n) is 5.08. The molecule has 6 rings (SSSR count). The van der Waals surface area contributed by atoms with Crippen LogP contribution in [0.2, 0.25) is 0 Å². The van der Waals surface area contributed by atoms with E-state index < -0.39 is 78.9 Å². The minimum atomic E-state index is -5.11. The van der Waals surface area contributed by atoms with Crippen molar-refractivity contribution < 1.29 is 50.6 Å². The van der Waals surface area contributed by atoms with Crippen LogP contribution in [-0.2, 0) is 36.9 Å². The van der Waals surface area contributed by atoms with Crippen LogP contribution in [0.5, 0.6) is 0 Å². The fourth-order valence-corrected chi connectivity index (χ4v) is 6.42. The van der Waals surface area contributed by atoms with Gasteiger partial charge in [0.25, 0.3) is 0 Å². The summed E-state index contributed by atoms with van der Waals surface area (Å²) >= 11 is 3.98. The highest BCUT2D eigenvalue weighted by molar-refractivity contribution is 7.80. The van der Waals surface area contributed by atoms with Crippen molar-refractivity contribution in [3.63, 3.8) is 0 Å². The number of imidazole rings is 2. The number of nitrogens with zero attached hydrogens (tertiary/aromatic N) is 8. The second-order valence-corrected chi connectivity index (χ2v) is 11.7. The van der Waals surface area contributed by atoms with E-state index in [1.807, 2.05) is 0 Å². The number of hydrogen-bond donors (Lipinski definition) is 4. The topological polar surface area (TPSA) is 249 Å². The lowest BCUT2D eigenvalue weighted by Gasteiger charge is -2.23. The molecule has 2 saturated heterocycles. The lowest BCUT2D eigenvalue weighted by atomic mass is 10.1. The van der Waals surface area contributed by atoms with Gasteiger partial charge in [0.2, 0.25) is 0 Å². The molecule has 45 heavy (non-hydrogen) atoms. The van der Waals surface area contributed by atoms with Gasteiger partial charge in [-0.25, -0.2) is 47.8 Å². The first-order valence-corrected chi connectivity index (χ1v) is 15.8. The second kappa shape index (κ2) is 13.0. The van der Waals surface area contributed by atoms with E-state index in [4.69, 9.17) is 39.2 Å². The molecule has 2 fully saturated rings. The normalized spacial score (nSPS) is 30.0. The van der Waals surface area contributed by atoms with E-state index in [0.29, 0.717) is 0 Å². The first-order valence-electron chi connectivity index (χ1n) is 12.9. The predicted molar refractivity (Wildman–Crippen MR) is 150 cm³/mol. The SMILES string of the molecule is Nc1ncnc2c1ncn2[C@@H]1O[C@H](COP(=O)(O)O[C@H]2[C@@H](F)[C@H](n3cnc4c(N)ncnc43)O[C@@H]2COP=O)[C@@H](OCS)[C@H]1F. The number of alkyl halides is 2. The molecule has 9 atom stereocenters. The molecule has 0 radical (unpaired) electrons. The Morgan fingerprint density at radius 1 is 0.911 bits per heavy atom. The fraction of sp³-hybridized carbons (Fsp3) is 0.524. The Morgan fingerprint density at radius 3 is 1.98 bits per heavy atom. The lowest BCUT2D eigenvalue weighted by molar-refractivity contribution is -0.0598. The zero-order valence-corrected chi connectivity index (χ0v) is 25.3. The van der Waals surface area contributed by atoms with Gasteiger partial charge in [0.05, 0.1) is 31.8 Å². The average molecular weight is 692 g/mol. The third-order valence-corrected chi connectivity index (χ3v) is 8.46. The van der Waals surface area contributed by atoms with E-state index in [-0.39, 0.29) is 39.9 Å². The van der Waals surface area contributed by atoms with Crippen LogP contribution in [0.1, 0.15) is 12.5 Å². The summed E-state index contributed by atoms with van der Waals surface area (Å²) in [6, 6.07) is 0. The highest BCUT2D eigenvalue weighted by atomic mass is 32.1. The lowest BCUT2D eigenvalue weighted by Crippen LogP contribution is -2.35. The minimum Gasteiger partial charge on any atom is -0.382 e. The van der Waals surface area contributed by atoms with Crippen molar-refractivity contribution >= 4 is 63.1 Å². The number of anilines is 2. The van der Waals surface area contributed by atoms with Gasteiger partial charge in [-0.2, -0.15) is 12.6 Å². The van der Waals surface area contributed by atoms with Crippen LogP contribution in [0, 0.1) is 0 Å². The van der Waals surface area contributed by atoms with E-state index in [1.165, 1.54) is 28.1 Å². The molecule has 2 aliphatic rings. The Bertz CT molecular complexity index is 1740. The summed E-state index contributed by atoms with van der Waals surface area (Å²) in [6.07, 6.45) is -7.75. The van der Waals surface area contributed by atoms with Gasteiger partial charge in [-0.1, -0.05) is 0 Å². The standard InChI is InChI=1S/C21H24F2N10O9P2S/c22-10-14(37-7-45)9(41-20(10)32-5-30-12-16(24)26-3-28-18(12)32)2-39-44(35,36)42-15-8(1-38-43-34)40-21(11(15)23)33-6-31-13-17(25)27-4-29-19(13)33/h3-6,8-11,14-15,20-21,45H,1-2,7H2,(H,35,36)(H2,24,26,28)(H2,25,27,29)/t8-,9-,10-,11-,14-,15-,20-,21-/m1/s1. The van der Waals surface area contributed by atoms with Crippen molar-refractivity contribution in [3.05, 3.63) is 25.3 Å². The first kappa shape index (κ1) is 31.9. The van der Waals surface area contributed by atoms with Crippen molar-refractivity contribution in [1.29, 1.82) is 0 Å². The summed E-state index contributed by atoms with van der Waals surface area (Å²) < 4.78 is 90.0. The van der Waals surface area contributed by atoms with Crippen LogP contribution in [0.25, 0.3) is 22.3 Å². The van der Waals surface area contributed by atoms with E-state index in [2.05, 4.69) is 42.5 Å². The zero-order chi connectivity index (χ0) is 31.9. The average Bonchev–Trinajstić information content (AvgIpc) is 3.77. The second-order valence-electron chi connectivity index (χ2n) is 9.65. The van der Waals surface area contributed by atoms with Crippen molar-refractivity contribution in [2.45, 2.75) is 49.2 Å². The van der Waals surface area contributed by atoms with Gasteiger partial charge >= 0.3 is 16.5 Å². The number of aromatic nitrogens is 8. The van der Waals surface area contributed by atoms with Gasteiger partial charge in [0, 0.05) is 0 Å². The van der Waals surface area contributed by atoms with E-state index >= 15 is 8.78 Å². The highest BCUT2D eigenvalue weighted by Crippen LogP contribution is 2.50. The number of nitrogens with two attached hydrogens (primary N) is 2. The molecule has 0 saturated carbocycles. The molecule has 0 aliphatic carbocycles. The molecule has 0 spiro atoms. The maximum atomic E-state index is 15.8. The van der Waals surface area contributed by atoms with Crippen molar-refractivity contribution in [2.24, 2.45) is 0 Å². The summed E-state index contributed by atoms with van der Waals surface area (Å²) in [5.41, 5.74) is 12.3. The van der Waals surface area contributed by atoms with Gasteiger partial charge in [0.1, 0.15) is 48.1 Å². The molecule has 242 valence electrons. The molecule has 5 N–H and O–H groups in total. The van der Waals surface area contributed by atoms with Crippen molar-refractivity contribution in [1.82, 2.24) is 39.0 Å². The first-order chi connectivity index (χ1) is 21.6. The predicted octanol–water partition coefficient (Wildman–Crippen LogP) is 1.30. The molecule has 0 aromatic carbocycles. The quantitative estimate of drug-likeness (QED) is 0.0928. The smallest absolute Gasteiger partial charge is 0.382 e. The summed E-state index contributed by atoms with van der Waals surface area (Å²) in [7, 11) is -5.87. The molecule has 0 amide bonds. The molecule has 19 nitrogen and oxygen atoms in total. The van der Waals surface area contributed by atoms with E-state index in [1.54, 1.807) is 0 Å². The monoisotopic (exact) mass is 692 g/mol. The number of thiol groups is 1. The number of hydrogen-bond acceptors (Lipinski definition) is 17. The summed E-state index contributed by atoms with van der Waals surface area (Å²) in [5.74, 6) is -0.131. The Hall–Kier alpha value is -3.04. The largest absolute Gasteiger partial charge is 0.472 e. The molecule has 1 unspecified atom stereocenters. The minimum absolute atomic E-state index is 0.0315. The number of halogens is 2.